The normalized spacial score (nSPS) is 22.5. The summed E-state index contributed by atoms with van der Waals surface area (Å²) < 4.78 is 11.8. The second-order valence-electron chi connectivity index (χ2n) is 15.7. The predicted octanol–water partition coefficient (Wildman–Crippen LogP) is 7.40. The van der Waals surface area contributed by atoms with Crippen molar-refractivity contribution in [1.82, 2.24) is 10.2 Å². The monoisotopic (exact) mass is 623 g/mol. The van der Waals surface area contributed by atoms with Crippen LogP contribution in [0, 0.1) is 16.7 Å². The molecule has 256 valence electrons. The molecule has 1 aliphatic carbocycles. The van der Waals surface area contributed by atoms with Gasteiger partial charge in [0.1, 0.15) is 6.10 Å². The molecule has 1 saturated carbocycles. The average Bonchev–Trinajstić information content (AvgIpc) is 2.92. The lowest BCUT2D eigenvalue weighted by Crippen LogP contribution is -2.67. The van der Waals surface area contributed by atoms with Gasteiger partial charge in [-0.1, -0.05) is 119 Å². The lowest BCUT2D eigenvalue weighted by Gasteiger charge is -2.55. The summed E-state index contributed by atoms with van der Waals surface area (Å²) in [6.45, 7) is 16.1. The Morgan fingerprint density at radius 2 is 1.48 bits per heavy atom. The van der Waals surface area contributed by atoms with Gasteiger partial charge in [0.05, 0.1) is 18.1 Å². The SMILES string of the molecule is CCCCCCCCCCCC(N(C(N)=O)C1(C(CNC(=O)C2OC(C)(C)OCC2(C)C)C(=O)O)CCCCC1)C(C)(C)C. The number of nitrogens with two attached hydrogens (primary N) is 1. The molecule has 2 fully saturated rings. The Kier molecular flexibility index (Phi) is 14.5. The molecule has 0 radical (unpaired) electrons. The van der Waals surface area contributed by atoms with Crippen molar-refractivity contribution < 1.29 is 29.0 Å². The average molecular weight is 624 g/mol. The van der Waals surface area contributed by atoms with E-state index in [9.17, 15) is 19.5 Å². The van der Waals surface area contributed by atoms with Crippen molar-refractivity contribution in [2.45, 2.75) is 175 Å². The first-order valence-electron chi connectivity index (χ1n) is 17.4. The topological polar surface area (TPSA) is 131 Å². The third-order valence-corrected chi connectivity index (χ3v) is 9.90. The summed E-state index contributed by atoms with van der Waals surface area (Å²) in [6, 6.07) is -0.797. The fourth-order valence-electron chi connectivity index (χ4n) is 7.33. The lowest BCUT2D eigenvalue weighted by atomic mass is 9.68. The molecular formula is C35H65N3O6. The van der Waals surface area contributed by atoms with Gasteiger partial charge in [-0.3, -0.25) is 9.59 Å². The standard InChI is InChI=1S/C35H65N3O6/c1-9-10-11-12-13-14-15-16-18-21-27(32(2,3)4)38(31(36)42)35(22-19-17-20-23-35)26(30(40)41)24-37-29(39)28-33(5,6)25-43-34(7,8)44-28/h26-28H,9-25H2,1-8H3,(H2,36,42)(H,37,39)(H,40,41). The van der Waals surface area contributed by atoms with Gasteiger partial charge in [0, 0.05) is 18.0 Å². The Balaban J connectivity index is 2.28. The van der Waals surface area contributed by atoms with E-state index in [4.69, 9.17) is 15.2 Å². The smallest absolute Gasteiger partial charge is 0.315 e. The third kappa shape index (κ3) is 10.6. The molecule has 4 N–H and O–H groups in total. The third-order valence-electron chi connectivity index (χ3n) is 9.90. The highest BCUT2D eigenvalue weighted by Crippen LogP contribution is 2.45. The van der Waals surface area contributed by atoms with Crippen molar-refractivity contribution in [3.8, 4) is 0 Å². The molecule has 2 aliphatic rings. The van der Waals surface area contributed by atoms with E-state index in [-0.39, 0.29) is 23.9 Å². The molecule has 3 atom stereocenters. The van der Waals surface area contributed by atoms with Gasteiger partial charge in [0.2, 0.25) is 5.91 Å². The van der Waals surface area contributed by atoms with Crippen LogP contribution >= 0.6 is 0 Å². The van der Waals surface area contributed by atoms with Crippen molar-refractivity contribution >= 4 is 17.9 Å². The lowest BCUT2D eigenvalue weighted by molar-refractivity contribution is -0.304. The fraction of sp³-hybridized carbons (Fsp3) is 0.914. The number of carbonyl (C=O) groups is 3. The summed E-state index contributed by atoms with van der Waals surface area (Å²) in [5, 5.41) is 13.6. The second-order valence-corrected chi connectivity index (χ2v) is 15.7. The molecule has 0 spiro atoms. The van der Waals surface area contributed by atoms with Crippen LogP contribution in [-0.4, -0.2) is 64.5 Å². The van der Waals surface area contributed by atoms with E-state index in [2.05, 4.69) is 33.0 Å². The largest absolute Gasteiger partial charge is 0.481 e. The van der Waals surface area contributed by atoms with Gasteiger partial charge in [-0.15, -0.1) is 0 Å². The van der Waals surface area contributed by atoms with Crippen LogP contribution in [0.3, 0.4) is 0 Å². The van der Waals surface area contributed by atoms with Gasteiger partial charge in [-0.05, 0) is 38.5 Å². The van der Waals surface area contributed by atoms with Crippen LogP contribution in [0.1, 0.15) is 152 Å². The number of amides is 3. The van der Waals surface area contributed by atoms with E-state index in [0.29, 0.717) is 19.4 Å². The van der Waals surface area contributed by atoms with Gasteiger partial charge in [0.15, 0.2) is 5.79 Å². The van der Waals surface area contributed by atoms with E-state index in [1.165, 1.54) is 38.5 Å². The van der Waals surface area contributed by atoms with Gasteiger partial charge in [0.25, 0.3) is 0 Å². The van der Waals surface area contributed by atoms with E-state index < -0.39 is 40.8 Å². The van der Waals surface area contributed by atoms with Crippen LogP contribution in [0.15, 0.2) is 0 Å². The van der Waals surface area contributed by atoms with Crippen LogP contribution in [0.5, 0.6) is 0 Å². The van der Waals surface area contributed by atoms with Crippen molar-refractivity contribution in [1.29, 1.82) is 0 Å². The Morgan fingerprint density at radius 3 is 1.98 bits per heavy atom. The van der Waals surface area contributed by atoms with Crippen LogP contribution in [-0.2, 0) is 19.1 Å². The fourth-order valence-corrected chi connectivity index (χ4v) is 7.33. The number of unbranched alkanes of at least 4 members (excludes halogenated alkanes) is 8. The summed E-state index contributed by atoms with van der Waals surface area (Å²) in [6.07, 6.45) is 14.5. The summed E-state index contributed by atoms with van der Waals surface area (Å²) in [4.78, 5) is 41.8. The summed E-state index contributed by atoms with van der Waals surface area (Å²) in [5.74, 6) is -3.33. The number of nitrogens with zero attached hydrogens (tertiary/aromatic N) is 1. The van der Waals surface area contributed by atoms with E-state index in [1.54, 1.807) is 18.7 Å². The Hall–Kier alpha value is -1.87. The van der Waals surface area contributed by atoms with Gasteiger partial charge in [-0.25, -0.2) is 4.79 Å². The van der Waals surface area contributed by atoms with Gasteiger partial charge in [-0.2, -0.15) is 0 Å². The molecule has 0 bridgehead atoms. The maximum absolute atomic E-state index is 13.5. The number of hydrogen-bond donors (Lipinski definition) is 3. The van der Waals surface area contributed by atoms with Gasteiger partial charge >= 0.3 is 12.0 Å². The first kappa shape index (κ1) is 38.3. The zero-order valence-corrected chi connectivity index (χ0v) is 29.3. The van der Waals surface area contributed by atoms with Crippen molar-refractivity contribution in [2.24, 2.45) is 22.5 Å². The predicted molar refractivity (Wildman–Crippen MR) is 175 cm³/mol. The van der Waals surface area contributed by atoms with Crippen molar-refractivity contribution in [3.63, 3.8) is 0 Å². The first-order valence-corrected chi connectivity index (χ1v) is 17.4. The van der Waals surface area contributed by atoms with Crippen LogP contribution in [0.2, 0.25) is 0 Å². The van der Waals surface area contributed by atoms with Crippen LogP contribution < -0.4 is 11.1 Å². The molecule has 9 heteroatoms. The highest BCUT2D eigenvalue weighted by atomic mass is 16.7. The molecule has 0 aromatic rings. The number of carbonyl (C=O) groups excluding carboxylic acids is 2. The first-order chi connectivity index (χ1) is 20.5. The molecule has 0 aromatic carbocycles. The molecule has 3 amide bonds. The molecule has 2 rings (SSSR count). The maximum Gasteiger partial charge on any atom is 0.315 e. The molecule has 1 saturated heterocycles. The number of carboxylic acids is 1. The Labute approximate surface area is 267 Å². The minimum Gasteiger partial charge on any atom is -0.481 e. The quantitative estimate of drug-likeness (QED) is 0.145. The molecule has 1 aliphatic heterocycles. The minimum atomic E-state index is -1.03. The number of ether oxygens (including phenoxy) is 2. The number of carboxylic acid groups (broad SMARTS) is 1. The van der Waals surface area contributed by atoms with Crippen LogP contribution in [0.4, 0.5) is 4.79 Å². The molecule has 9 nitrogen and oxygen atoms in total. The number of primary amides is 1. The van der Waals surface area contributed by atoms with E-state index >= 15 is 0 Å². The summed E-state index contributed by atoms with van der Waals surface area (Å²) in [7, 11) is 0. The van der Waals surface area contributed by atoms with Gasteiger partial charge < -0.3 is 30.5 Å². The Morgan fingerprint density at radius 1 is 0.932 bits per heavy atom. The van der Waals surface area contributed by atoms with E-state index in [0.717, 1.165) is 44.9 Å². The highest BCUT2D eigenvalue weighted by Gasteiger charge is 2.54. The molecular weight excluding hydrogens is 558 g/mol. The second kappa shape index (κ2) is 16.6. The number of aliphatic carboxylic acids is 1. The molecule has 0 aromatic heterocycles. The molecule has 3 unspecified atom stereocenters. The maximum atomic E-state index is 13.5. The van der Waals surface area contributed by atoms with Crippen molar-refractivity contribution in [2.75, 3.05) is 13.2 Å². The number of urea groups is 1. The number of rotatable bonds is 17. The zero-order chi connectivity index (χ0) is 33.2. The van der Waals surface area contributed by atoms with E-state index in [1.807, 2.05) is 13.8 Å². The minimum absolute atomic E-state index is 0.107. The van der Waals surface area contributed by atoms with Crippen molar-refractivity contribution in [3.05, 3.63) is 0 Å². The molecule has 1 heterocycles. The number of nitrogens with one attached hydrogen (secondary N) is 1. The molecule has 44 heavy (non-hydrogen) atoms. The Bertz CT molecular complexity index is 922. The highest BCUT2D eigenvalue weighted by molar-refractivity contribution is 5.83. The van der Waals surface area contributed by atoms with Crippen LogP contribution in [0.25, 0.3) is 0 Å². The number of hydrogen-bond acceptors (Lipinski definition) is 5. The summed E-state index contributed by atoms with van der Waals surface area (Å²) >= 11 is 0. The zero-order valence-electron chi connectivity index (χ0n) is 29.3. The summed E-state index contributed by atoms with van der Waals surface area (Å²) in [5.41, 5.74) is 4.32.